The van der Waals surface area contributed by atoms with Gasteiger partial charge in [0.25, 0.3) is 0 Å². The maximum atomic E-state index is 9.36. The van der Waals surface area contributed by atoms with Gasteiger partial charge < -0.3 is 5.73 Å². The molecule has 0 unspecified atom stereocenters. The van der Waals surface area contributed by atoms with Gasteiger partial charge in [0.1, 0.15) is 0 Å². The van der Waals surface area contributed by atoms with Crippen LogP contribution >= 0.6 is 0 Å². The van der Waals surface area contributed by atoms with Crippen molar-refractivity contribution in [3.63, 3.8) is 0 Å². The molecule has 0 atom stereocenters. The Morgan fingerprint density at radius 3 is 2.17 bits per heavy atom. The second kappa shape index (κ2) is 2.13. The largest absolute Gasteiger partial charge is 0.359 e. The number of hydrogen-bond donors (Lipinski definition) is 1. The first-order chi connectivity index (χ1) is 2.77. The molecule has 0 aromatic rings. The summed E-state index contributed by atoms with van der Waals surface area (Å²) in [6.07, 6.45) is 0. The zero-order chi connectivity index (χ0) is 4.99. The Balaban J connectivity index is 3.05. The molecule has 0 aromatic heterocycles. The van der Waals surface area contributed by atoms with Crippen LogP contribution in [0.1, 0.15) is 0 Å². The lowest BCUT2D eigenvalue weighted by molar-refractivity contribution is 0.248. The molecular weight excluding hydrogens is 86.0 g/mol. The molecule has 0 fully saturated rings. The molecule has 0 aliphatic carbocycles. The summed E-state index contributed by atoms with van der Waals surface area (Å²) in [5.74, 6) is 0. The average molecular weight is 88.0 g/mol. The van der Waals surface area contributed by atoms with E-state index in [1.807, 2.05) is 5.29 Å². The lowest BCUT2D eigenvalue weighted by atomic mass is 11.2. The monoisotopic (exact) mass is 88.0 g/mol. The molecule has 5 nitrogen and oxygen atoms in total. The van der Waals surface area contributed by atoms with E-state index in [-0.39, 0.29) is 0 Å². The van der Waals surface area contributed by atoms with Gasteiger partial charge in [-0.15, -0.1) is 4.91 Å². The molecule has 0 aliphatic heterocycles. The van der Waals surface area contributed by atoms with Gasteiger partial charge in [0.2, 0.25) is 0 Å². The first-order valence-electron chi connectivity index (χ1n) is 1.10. The highest BCUT2D eigenvalue weighted by molar-refractivity contribution is 5.70. The Morgan fingerprint density at radius 2 is 2.17 bits per heavy atom. The summed E-state index contributed by atoms with van der Waals surface area (Å²) in [6, 6.07) is -1.06. The zero-order valence-electron chi connectivity index (χ0n) is 2.79. The van der Waals surface area contributed by atoms with Crippen LogP contribution in [0.2, 0.25) is 0 Å². The van der Waals surface area contributed by atoms with Crippen molar-refractivity contribution in [1.82, 2.24) is 5.43 Å². The highest BCUT2D eigenvalue weighted by atomic mass is 16.3. The van der Waals surface area contributed by atoms with E-state index in [4.69, 9.17) is 4.91 Å². The SMILES string of the molecule is NC(=O)[N]N=O. The number of carbonyl (C=O) groups excluding carboxylic acids is 1. The number of urea groups is 1. The van der Waals surface area contributed by atoms with Crippen molar-refractivity contribution in [1.29, 1.82) is 0 Å². The minimum atomic E-state index is -1.06. The quantitative estimate of drug-likeness (QED) is 0.341. The number of carbonyl (C=O) groups is 1. The van der Waals surface area contributed by atoms with Crippen molar-refractivity contribution in [2.45, 2.75) is 0 Å². The van der Waals surface area contributed by atoms with Crippen molar-refractivity contribution in [2.24, 2.45) is 11.0 Å². The van der Waals surface area contributed by atoms with Crippen molar-refractivity contribution >= 4 is 6.03 Å². The first kappa shape index (κ1) is 4.87. The van der Waals surface area contributed by atoms with Crippen molar-refractivity contribution in [2.75, 3.05) is 0 Å². The predicted octanol–water partition coefficient (Wildman–Crippen LogP) is -0.649. The number of nitrogens with two attached hydrogens (primary N) is 1. The first-order valence-corrected chi connectivity index (χ1v) is 1.10. The van der Waals surface area contributed by atoms with E-state index in [0.29, 0.717) is 0 Å². The number of hydrogen-bond acceptors (Lipinski definition) is 3. The van der Waals surface area contributed by atoms with Gasteiger partial charge in [-0.05, 0) is 0 Å². The van der Waals surface area contributed by atoms with E-state index in [1.165, 1.54) is 0 Å². The molecule has 0 spiro atoms. The molecule has 0 saturated carbocycles. The molecule has 0 rings (SSSR count). The van der Waals surface area contributed by atoms with Crippen molar-refractivity contribution in [3.05, 3.63) is 4.91 Å². The van der Waals surface area contributed by atoms with Gasteiger partial charge in [0.05, 0.1) is 5.29 Å². The average Bonchev–Trinajstić information content (AvgIpc) is 1.35. The minimum Gasteiger partial charge on any atom is -0.348 e. The van der Waals surface area contributed by atoms with Gasteiger partial charge in [0, 0.05) is 0 Å². The third-order valence-electron chi connectivity index (χ3n) is 0.139. The second-order valence-corrected chi connectivity index (χ2v) is 0.520. The van der Waals surface area contributed by atoms with Crippen molar-refractivity contribution in [3.8, 4) is 0 Å². The van der Waals surface area contributed by atoms with Crippen LogP contribution in [-0.2, 0) is 0 Å². The molecule has 0 heterocycles. The van der Waals surface area contributed by atoms with Gasteiger partial charge >= 0.3 is 6.03 Å². The van der Waals surface area contributed by atoms with Gasteiger partial charge in [-0.1, -0.05) is 5.43 Å². The lowest BCUT2D eigenvalue weighted by Crippen LogP contribution is -2.16. The molecule has 0 bridgehead atoms. The van der Waals surface area contributed by atoms with E-state index >= 15 is 0 Å². The minimum absolute atomic E-state index is 1.06. The topological polar surface area (TPSA) is 86.6 Å². The molecule has 0 saturated heterocycles. The van der Waals surface area contributed by atoms with Crippen LogP contribution in [-0.4, -0.2) is 6.03 Å². The van der Waals surface area contributed by atoms with Gasteiger partial charge in [-0.3, -0.25) is 0 Å². The van der Waals surface area contributed by atoms with Crippen LogP contribution < -0.4 is 11.2 Å². The summed E-state index contributed by atoms with van der Waals surface area (Å²) in [6.45, 7) is 0. The van der Waals surface area contributed by atoms with Crippen molar-refractivity contribution < 1.29 is 4.79 Å². The van der Waals surface area contributed by atoms with Crippen LogP contribution in [0.15, 0.2) is 5.29 Å². The van der Waals surface area contributed by atoms with Crippen LogP contribution in [0.3, 0.4) is 0 Å². The van der Waals surface area contributed by atoms with Gasteiger partial charge in [0.15, 0.2) is 0 Å². The maximum absolute atomic E-state index is 9.36. The Hall–Kier alpha value is -1.13. The molecule has 5 heteroatoms. The highest BCUT2D eigenvalue weighted by Gasteiger charge is 1.86. The summed E-state index contributed by atoms with van der Waals surface area (Å²) in [7, 11) is 0. The highest BCUT2D eigenvalue weighted by Crippen LogP contribution is 1.54. The molecule has 33 valence electrons. The third kappa shape index (κ3) is 2.87. The number of nitroso groups, excluding NO2 is 1. The fourth-order valence-corrected chi connectivity index (χ4v) is 0.0402. The summed E-state index contributed by atoms with van der Waals surface area (Å²) in [5, 5.41) is 1.84. The Bertz CT molecular complexity index is 69.2. The Labute approximate surface area is 33.5 Å². The summed E-state index contributed by atoms with van der Waals surface area (Å²) < 4.78 is 0. The Morgan fingerprint density at radius 1 is 1.67 bits per heavy atom. The van der Waals surface area contributed by atoms with E-state index in [0.717, 1.165) is 0 Å². The van der Waals surface area contributed by atoms with Crippen LogP contribution in [0.5, 0.6) is 0 Å². The molecule has 6 heavy (non-hydrogen) atoms. The predicted molar refractivity (Wildman–Crippen MR) is 17.5 cm³/mol. The second-order valence-electron chi connectivity index (χ2n) is 0.520. The molecule has 0 aliphatic rings. The molecule has 2 N–H and O–H groups in total. The van der Waals surface area contributed by atoms with Gasteiger partial charge in [-0.25, -0.2) is 4.79 Å². The molecule has 1 radical (unpaired) electrons. The zero-order valence-corrected chi connectivity index (χ0v) is 2.79. The van der Waals surface area contributed by atoms with E-state index in [9.17, 15) is 4.79 Å². The van der Waals surface area contributed by atoms with Crippen LogP contribution in [0.4, 0.5) is 4.79 Å². The maximum Gasteiger partial charge on any atom is 0.359 e. The standard InChI is InChI=1S/CH2N3O2/c2-1(5)3-4-6/h(H2,2,5). The molecule has 0 aromatic carbocycles. The third-order valence-corrected chi connectivity index (χ3v) is 0.139. The van der Waals surface area contributed by atoms with Crippen LogP contribution in [0, 0.1) is 4.91 Å². The number of rotatable bonds is 1. The molecular formula is CH2N3O2. The smallest absolute Gasteiger partial charge is 0.348 e. The van der Waals surface area contributed by atoms with Gasteiger partial charge in [-0.2, -0.15) is 0 Å². The normalized spacial score (nSPS) is 6.67. The lowest BCUT2D eigenvalue weighted by Gasteiger charge is -1.72. The summed E-state index contributed by atoms with van der Waals surface area (Å²) in [5.41, 5.74) is 6.64. The van der Waals surface area contributed by atoms with E-state index in [2.05, 4.69) is 11.2 Å². The summed E-state index contributed by atoms with van der Waals surface area (Å²) >= 11 is 0. The van der Waals surface area contributed by atoms with Crippen LogP contribution in [0.25, 0.3) is 0 Å². The fourth-order valence-electron chi connectivity index (χ4n) is 0.0402. The number of nitrogens with zero attached hydrogens (tertiary/aromatic N) is 2. The molecule has 2 amide bonds. The fraction of sp³-hybridized carbons (Fsp3) is 0. The summed E-state index contributed by atoms with van der Waals surface area (Å²) in [4.78, 5) is 18.3. The number of amides is 2. The van der Waals surface area contributed by atoms with E-state index in [1.54, 1.807) is 0 Å². The number of primary amides is 1. The van der Waals surface area contributed by atoms with E-state index < -0.39 is 6.03 Å². The Kier molecular flexibility index (Phi) is 1.73.